The van der Waals surface area contributed by atoms with E-state index in [1.54, 1.807) is 0 Å². The summed E-state index contributed by atoms with van der Waals surface area (Å²) in [6, 6.07) is 0. The minimum Gasteiger partial charge on any atom is -0.447 e. The van der Waals surface area contributed by atoms with Crippen LogP contribution in [0.5, 0.6) is 0 Å². The van der Waals surface area contributed by atoms with E-state index >= 15 is 0 Å². The van der Waals surface area contributed by atoms with E-state index in [0.717, 1.165) is 6.42 Å². The highest BCUT2D eigenvalue weighted by Gasteiger charge is 2.08. The number of alkyl halides is 1. The summed E-state index contributed by atoms with van der Waals surface area (Å²) in [5, 5.41) is 12.9. The number of unbranched alkanes of at least 4 members (excludes halogenated alkanes) is 15. The molecule has 0 fully saturated rings. The second-order valence-electron chi connectivity index (χ2n) is 8.25. The Bertz CT molecular complexity index is 358. The van der Waals surface area contributed by atoms with Crippen LogP contribution in [-0.2, 0) is 9.47 Å². The van der Waals surface area contributed by atoms with Crippen LogP contribution in [-0.4, -0.2) is 49.0 Å². The number of carbonyl (C=O) groups excluding carboxylic acids is 1. The average Bonchev–Trinajstić information content (AvgIpc) is 2.75. The predicted octanol–water partition coefficient (Wildman–Crippen LogP) is 6.75. The molecular formula is C24H48BrNO4. The van der Waals surface area contributed by atoms with Crippen LogP contribution in [0.2, 0.25) is 0 Å². The van der Waals surface area contributed by atoms with E-state index in [9.17, 15) is 9.90 Å². The number of rotatable bonds is 23. The molecule has 0 rings (SSSR count). The molecule has 0 aliphatic rings. The zero-order valence-electron chi connectivity index (χ0n) is 19.5. The number of hydrogen-bond acceptors (Lipinski definition) is 4. The van der Waals surface area contributed by atoms with Crippen molar-refractivity contribution in [1.82, 2.24) is 5.32 Å². The summed E-state index contributed by atoms with van der Waals surface area (Å²) < 4.78 is 10.4. The van der Waals surface area contributed by atoms with Gasteiger partial charge in [-0.25, -0.2) is 4.79 Å². The number of nitrogens with one attached hydrogen (secondary N) is 1. The van der Waals surface area contributed by atoms with Gasteiger partial charge in [0.15, 0.2) is 0 Å². The summed E-state index contributed by atoms with van der Waals surface area (Å²) >= 11 is 3.21. The van der Waals surface area contributed by atoms with Crippen LogP contribution in [0.3, 0.4) is 0 Å². The van der Waals surface area contributed by atoms with Crippen molar-refractivity contribution in [2.75, 3.05) is 31.7 Å². The maximum absolute atomic E-state index is 11.2. The van der Waals surface area contributed by atoms with E-state index < -0.39 is 12.2 Å². The zero-order chi connectivity index (χ0) is 22.1. The Kier molecular flexibility index (Phi) is 24.7. The Hall–Kier alpha value is -0.330. The van der Waals surface area contributed by atoms with E-state index in [1.165, 1.54) is 96.3 Å². The van der Waals surface area contributed by atoms with Crippen molar-refractivity contribution in [3.63, 3.8) is 0 Å². The first-order chi connectivity index (χ1) is 14.7. The monoisotopic (exact) mass is 493 g/mol. The van der Waals surface area contributed by atoms with Crippen LogP contribution in [0.4, 0.5) is 4.79 Å². The lowest BCUT2D eigenvalue weighted by Crippen LogP contribution is -2.30. The molecule has 1 unspecified atom stereocenters. The van der Waals surface area contributed by atoms with Gasteiger partial charge >= 0.3 is 6.09 Å². The molecule has 0 aromatic heterocycles. The number of amides is 1. The fraction of sp³-hybridized carbons (Fsp3) is 0.958. The lowest BCUT2D eigenvalue weighted by atomic mass is 10.0. The van der Waals surface area contributed by atoms with Crippen LogP contribution >= 0.6 is 15.9 Å². The molecule has 0 aliphatic heterocycles. The summed E-state index contributed by atoms with van der Waals surface area (Å²) in [4.78, 5) is 11.2. The Morgan fingerprint density at radius 1 is 0.800 bits per heavy atom. The van der Waals surface area contributed by atoms with Gasteiger partial charge in [-0.2, -0.15) is 0 Å². The molecule has 0 heterocycles. The maximum Gasteiger partial charge on any atom is 0.407 e. The number of aliphatic hydroxyl groups is 1. The summed E-state index contributed by atoms with van der Waals surface area (Å²) in [6.07, 6.45) is 20.4. The van der Waals surface area contributed by atoms with Crippen molar-refractivity contribution in [3.05, 3.63) is 0 Å². The molecule has 0 aromatic rings. The van der Waals surface area contributed by atoms with Crippen molar-refractivity contribution in [2.24, 2.45) is 0 Å². The Balaban J connectivity index is 3.16. The zero-order valence-corrected chi connectivity index (χ0v) is 21.1. The van der Waals surface area contributed by atoms with E-state index in [2.05, 4.69) is 28.2 Å². The van der Waals surface area contributed by atoms with Crippen LogP contribution in [0, 0.1) is 0 Å². The first-order valence-corrected chi connectivity index (χ1v) is 13.5. The molecular weight excluding hydrogens is 446 g/mol. The van der Waals surface area contributed by atoms with Crippen molar-refractivity contribution >= 4 is 22.0 Å². The number of hydrogen-bond donors (Lipinski definition) is 2. The van der Waals surface area contributed by atoms with Gasteiger partial charge in [-0.1, -0.05) is 119 Å². The van der Waals surface area contributed by atoms with Crippen LogP contribution in [0.25, 0.3) is 0 Å². The average molecular weight is 495 g/mol. The summed E-state index contributed by atoms with van der Waals surface area (Å²) in [7, 11) is 0. The van der Waals surface area contributed by atoms with Gasteiger partial charge in [-0.05, 0) is 6.42 Å². The quantitative estimate of drug-likeness (QED) is 0.122. The van der Waals surface area contributed by atoms with Crippen LogP contribution in [0.15, 0.2) is 0 Å². The van der Waals surface area contributed by atoms with E-state index in [0.29, 0.717) is 18.5 Å². The van der Waals surface area contributed by atoms with Gasteiger partial charge in [-0.15, -0.1) is 0 Å². The number of carbonyl (C=O) groups is 1. The van der Waals surface area contributed by atoms with Crippen molar-refractivity contribution in [1.29, 1.82) is 0 Å². The molecule has 0 saturated heterocycles. The van der Waals surface area contributed by atoms with E-state index in [1.807, 2.05) is 0 Å². The van der Waals surface area contributed by atoms with Gasteiger partial charge in [0.1, 0.15) is 12.7 Å². The maximum atomic E-state index is 11.2. The molecule has 6 heteroatoms. The van der Waals surface area contributed by atoms with E-state index in [-0.39, 0.29) is 13.2 Å². The van der Waals surface area contributed by atoms with Gasteiger partial charge in [-0.3, -0.25) is 0 Å². The molecule has 0 radical (unpaired) electrons. The number of aliphatic hydroxyl groups excluding tert-OH is 1. The lowest BCUT2D eigenvalue weighted by Gasteiger charge is -2.12. The molecule has 5 nitrogen and oxygen atoms in total. The van der Waals surface area contributed by atoms with Crippen LogP contribution in [0.1, 0.15) is 110 Å². The summed E-state index contributed by atoms with van der Waals surface area (Å²) in [5.41, 5.74) is 0. The highest BCUT2D eigenvalue weighted by Crippen LogP contribution is 2.13. The molecule has 180 valence electrons. The first kappa shape index (κ1) is 29.7. The number of ether oxygens (including phenoxy) is 2. The van der Waals surface area contributed by atoms with Gasteiger partial charge < -0.3 is 19.9 Å². The molecule has 0 saturated carbocycles. The second kappa shape index (κ2) is 24.9. The van der Waals surface area contributed by atoms with E-state index in [4.69, 9.17) is 9.47 Å². The van der Waals surface area contributed by atoms with Gasteiger partial charge in [0.05, 0.1) is 6.61 Å². The molecule has 1 atom stereocenters. The molecule has 0 aliphatic carbocycles. The fourth-order valence-electron chi connectivity index (χ4n) is 3.39. The normalized spacial score (nSPS) is 12.1. The minimum absolute atomic E-state index is 0.0346. The lowest BCUT2D eigenvalue weighted by molar-refractivity contribution is -0.000737. The van der Waals surface area contributed by atoms with Gasteiger partial charge in [0.25, 0.3) is 0 Å². The second-order valence-corrected chi connectivity index (χ2v) is 9.04. The number of alkyl carbamates (subject to hydrolysis) is 1. The molecule has 0 spiro atoms. The molecule has 2 N–H and O–H groups in total. The third-order valence-corrected chi connectivity index (χ3v) is 5.62. The Morgan fingerprint density at radius 2 is 1.27 bits per heavy atom. The molecule has 0 bridgehead atoms. The Morgan fingerprint density at radius 3 is 1.73 bits per heavy atom. The summed E-state index contributed by atoms with van der Waals surface area (Å²) in [5.74, 6) is 0. The van der Waals surface area contributed by atoms with Crippen molar-refractivity contribution in [3.8, 4) is 0 Å². The van der Waals surface area contributed by atoms with Crippen molar-refractivity contribution in [2.45, 2.75) is 116 Å². The molecule has 30 heavy (non-hydrogen) atoms. The van der Waals surface area contributed by atoms with Gasteiger partial charge in [0.2, 0.25) is 0 Å². The SMILES string of the molecule is CCCCCCCCCCCCCCCCCCOCC(O)COC(=O)NCCBr. The fourth-order valence-corrected chi connectivity index (χ4v) is 3.59. The third-order valence-electron chi connectivity index (χ3n) is 5.22. The first-order valence-electron chi connectivity index (χ1n) is 12.4. The topological polar surface area (TPSA) is 67.8 Å². The standard InChI is InChI=1S/C24H48BrNO4/c1-2-3-4-5-6-7-8-9-10-11-12-13-14-15-16-17-20-29-21-23(27)22-30-24(28)26-19-18-25/h23,27H,2-22H2,1H3,(H,26,28). The highest BCUT2D eigenvalue weighted by molar-refractivity contribution is 9.09. The van der Waals surface area contributed by atoms with Gasteiger partial charge in [0, 0.05) is 18.5 Å². The largest absolute Gasteiger partial charge is 0.447 e. The highest BCUT2D eigenvalue weighted by atomic mass is 79.9. The minimum atomic E-state index is -0.763. The summed E-state index contributed by atoms with van der Waals surface area (Å²) in [6.45, 7) is 3.62. The smallest absolute Gasteiger partial charge is 0.407 e. The Labute approximate surface area is 194 Å². The molecule has 1 amide bonds. The molecule has 0 aromatic carbocycles. The third kappa shape index (κ3) is 23.9. The predicted molar refractivity (Wildman–Crippen MR) is 130 cm³/mol. The van der Waals surface area contributed by atoms with Crippen LogP contribution < -0.4 is 5.32 Å². The van der Waals surface area contributed by atoms with Crippen molar-refractivity contribution < 1.29 is 19.4 Å². The number of halogens is 1.